The van der Waals surface area contributed by atoms with Crippen molar-refractivity contribution in [3.63, 3.8) is 0 Å². The van der Waals surface area contributed by atoms with Crippen molar-refractivity contribution in [1.82, 2.24) is 4.90 Å². The molecule has 0 spiro atoms. The molecule has 2 N–H and O–H groups in total. The number of nitrogens with two attached hydrogens (primary N) is 1. The second kappa shape index (κ2) is 7.77. The lowest BCUT2D eigenvalue weighted by Gasteiger charge is -2.35. The summed E-state index contributed by atoms with van der Waals surface area (Å²) in [5, 5.41) is 0. The van der Waals surface area contributed by atoms with Crippen molar-refractivity contribution in [3.05, 3.63) is 35.9 Å². The van der Waals surface area contributed by atoms with Crippen LogP contribution in [0.1, 0.15) is 58.1 Å². The van der Waals surface area contributed by atoms with E-state index in [2.05, 4.69) is 19.1 Å². The molecule has 3 rings (SSSR count). The SMILES string of the molecule is CC.CC(c1ccccc1)N1CC(C(N)C2CCC2)CC1=O. The van der Waals surface area contributed by atoms with Gasteiger partial charge in [0.2, 0.25) is 5.91 Å². The minimum Gasteiger partial charge on any atom is -0.336 e. The summed E-state index contributed by atoms with van der Waals surface area (Å²) in [5.41, 5.74) is 7.58. The van der Waals surface area contributed by atoms with E-state index in [0.29, 0.717) is 18.3 Å². The topological polar surface area (TPSA) is 46.3 Å². The summed E-state index contributed by atoms with van der Waals surface area (Å²) >= 11 is 0. The zero-order chi connectivity index (χ0) is 16.1. The van der Waals surface area contributed by atoms with E-state index in [-0.39, 0.29) is 18.0 Å². The number of amides is 1. The minimum absolute atomic E-state index is 0.155. The highest BCUT2D eigenvalue weighted by Gasteiger charge is 2.39. The number of benzene rings is 1. The fraction of sp³-hybridized carbons (Fsp3) is 0.632. The molecular weight excluding hydrogens is 272 g/mol. The minimum atomic E-state index is 0.155. The number of carbonyl (C=O) groups is 1. The Labute approximate surface area is 134 Å². The molecule has 3 atom stereocenters. The van der Waals surface area contributed by atoms with Gasteiger partial charge in [-0.3, -0.25) is 4.79 Å². The van der Waals surface area contributed by atoms with E-state index >= 15 is 0 Å². The molecule has 1 amide bonds. The summed E-state index contributed by atoms with van der Waals surface area (Å²) in [5.74, 6) is 1.26. The Kier molecular flexibility index (Phi) is 6.01. The van der Waals surface area contributed by atoms with Crippen LogP contribution >= 0.6 is 0 Å². The van der Waals surface area contributed by atoms with Gasteiger partial charge in [-0.1, -0.05) is 50.6 Å². The first kappa shape index (κ1) is 17.0. The molecular formula is C19H30N2O. The zero-order valence-corrected chi connectivity index (χ0v) is 14.2. The second-order valence-corrected chi connectivity index (χ2v) is 6.37. The van der Waals surface area contributed by atoms with Gasteiger partial charge in [0.25, 0.3) is 0 Å². The standard InChI is InChI=1S/C17H24N2O.C2H6/c1-12(13-6-3-2-4-7-13)19-11-15(10-16(19)20)17(18)14-8-5-9-14;1-2/h2-4,6-7,12,14-15,17H,5,8-11,18H2,1H3;1-2H3. The fourth-order valence-electron chi connectivity index (χ4n) is 3.51. The highest BCUT2D eigenvalue weighted by molar-refractivity contribution is 5.79. The van der Waals surface area contributed by atoms with Crippen molar-refractivity contribution in [2.45, 2.75) is 58.5 Å². The first-order chi connectivity index (χ1) is 10.7. The van der Waals surface area contributed by atoms with E-state index in [1.807, 2.05) is 36.9 Å². The average molecular weight is 302 g/mol. The fourth-order valence-corrected chi connectivity index (χ4v) is 3.51. The third-order valence-corrected chi connectivity index (χ3v) is 5.18. The van der Waals surface area contributed by atoms with E-state index in [0.717, 1.165) is 6.54 Å². The van der Waals surface area contributed by atoms with E-state index in [1.165, 1.54) is 24.8 Å². The molecule has 2 fully saturated rings. The second-order valence-electron chi connectivity index (χ2n) is 6.37. The lowest BCUT2D eigenvalue weighted by molar-refractivity contribution is -0.129. The molecule has 22 heavy (non-hydrogen) atoms. The van der Waals surface area contributed by atoms with Crippen LogP contribution in [0.5, 0.6) is 0 Å². The maximum Gasteiger partial charge on any atom is 0.223 e. The van der Waals surface area contributed by atoms with Crippen molar-refractivity contribution < 1.29 is 4.79 Å². The summed E-state index contributed by atoms with van der Waals surface area (Å²) in [6.07, 6.45) is 4.44. The van der Waals surface area contributed by atoms with Gasteiger partial charge in [-0.25, -0.2) is 0 Å². The van der Waals surface area contributed by atoms with Crippen LogP contribution in [-0.2, 0) is 4.79 Å². The summed E-state index contributed by atoms with van der Waals surface area (Å²) in [7, 11) is 0. The third-order valence-electron chi connectivity index (χ3n) is 5.18. The van der Waals surface area contributed by atoms with Gasteiger partial charge >= 0.3 is 0 Å². The number of likely N-dealkylation sites (tertiary alicyclic amines) is 1. The van der Waals surface area contributed by atoms with Crippen molar-refractivity contribution in [3.8, 4) is 0 Å². The molecule has 0 aromatic heterocycles. The predicted octanol–water partition coefficient (Wildman–Crippen LogP) is 3.75. The molecule has 0 radical (unpaired) electrons. The van der Waals surface area contributed by atoms with Crippen LogP contribution in [0.3, 0.4) is 0 Å². The summed E-state index contributed by atoms with van der Waals surface area (Å²) in [4.78, 5) is 14.3. The third kappa shape index (κ3) is 3.52. The maximum absolute atomic E-state index is 12.3. The van der Waals surface area contributed by atoms with Crippen molar-refractivity contribution in [1.29, 1.82) is 0 Å². The molecule has 3 heteroatoms. The van der Waals surface area contributed by atoms with Crippen LogP contribution in [-0.4, -0.2) is 23.4 Å². The maximum atomic E-state index is 12.3. The number of carbonyl (C=O) groups excluding carboxylic acids is 1. The Morgan fingerprint density at radius 2 is 1.77 bits per heavy atom. The molecule has 1 aliphatic heterocycles. The molecule has 1 saturated carbocycles. The normalized spacial score (nSPS) is 24.3. The molecule has 3 unspecified atom stereocenters. The molecule has 1 heterocycles. The molecule has 2 aliphatic rings. The van der Waals surface area contributed by atoms with E-state index in [4.69, 9.17) is 5.73 Å². The molecule has 122 valence electrons. The Morgan fingerprint density at radius 3 is 2.32 bits per heavy atom. The Bertz CT molecular complexity index is 470. The molecule has 0 bridgehead atoms. The first-order valence-corrected chi connectivity index (χ1v) is 8.77. The summed E-state index contributed by atoms with van der Waals surface area (Å²) < 4.78 is 0. The van der Waals surface area contributed by atoms with Gasteiger partial charge in [-0.15, -0.1) is 0 Å². The van der Waals surface area contributed by atoms with Gasteiger partial charge in [0.15, 0.2) is 0 Å². The quantitative estimate of drug-likeness (QED) is 0.920. The smallest absolute Gasteiger partial charge is 0.223 e. The highest BCUT2D eigenvalue weighted by atomic mass is 16.2. The zero-order valence-electron chi connectivity index (χ0n) is 14.2. The van der Waals surface area contributed by atoms with Crippen LogP contribution in [0, 0.1) is 11.8 Å². The van der Waals surface area contributed by atoms with E-state index < -0.39 is 0 Å². The lowest BCUT2D eigenvalue weighted by Crippen LogP contribution is -2.42. The number of nitrogens with zero attached hydrogens (tertiary/aromatic N) is 1. The van der Waals surface area contributed by atoms with E-state index in [1.54, 1.807) is 0 Å². The van der Waals surface area contributed by atoms with Crippen LogP contribution in [0.2, 0.25) is 0 Å². The van der Waals surface area contributed by atoms with Gasteiger partial charge < -0.3 is 10.6 Å². The molecule has 1 aromatic carbocycles. The Morgan fingerprint density at radius 1 is 1.14 bits per heavy atom. The summed E-state index contributed by atoms with van der Waals surface area (Å²) in [6.45, 7) is 6.94. The van der Waals surface area contributed by atoms with Gasteiger partial charge in [0.05, 0.1) is 6.04 Å². The van der Waals surface area contributed by atoms with Gasteiger partial charge in [-0.2, -0.15) is 0 Å². The van der Waals surface area contributed by atoms with Crippen LogP contribution in [0.25, 0.3) is 0 Å². The predicted molar refractivity (Wildman–Crippen MR) is 91.3 cm³/mol. The molecule has 3 nitrogen and oxygen atoms in total. The van der Waals surface area contributed by atoms with E-state index in [9.17, 15) is 4.79 Å². The Balaban J connectivity index is 0.000000847. The van der Waals surface area contributed by atoms with Gasteiger partial charge in [0.1, 0.15) is 0 Å². The summed E-state index contributed by atoms with van der Waals surface area (Å²) in [6, 6.07) is 10.6. The Hall–Kier alpha value is -1.35. The van der Waals surface area contributed by atoms with Crippen LogP contribution in [0.15, 0.2) is 30.3 Å². The number of hydrogen-bond donors (Lipinski definition) is 1. The van der Waals surface area contributed by atoms with Gasteiger partial charge in [0, 0.05) is 24.9 Å². The number of rotatable bonds is 4. The highest BCUT2D eigenvalue weighted by Crippen LogP contribution is 2.36. The molecule has 1 aliphatic carbocycles. The largest absolute Gasteiger partial charge is 0.336 e. The van der Waals surface area contributed by atoms with Gasteiger partial charge in [-0.05, 0) is 31.2 Å². The van der Waals surface area contributed by atoms with Crippen LogP contribution in [0.4, 0.5) is 0 Å². The molecule has 1 aromatic rings. The van der Waals surface area contributed by atoms with Crippen molar-refractivity contribution in [2.75, 3.05) is 6.54 Å². The van der Waals surface area contributed by atoms with Crippen molar-refractivity contribution in [2.24, 2.45) is 17.6 Å². The monoisotopic (exact) mass is 302 g/mol. The van der Waals surface area contributed by atoms with Crippen molar-refractivity contribution >= 4 is 5.91 Å². The molecule has 1 saturated heterocycles. The van der Waals surface area contributed by atoms with Crippen LogP contribution < -0.4 is 5.73 Å². The first-order valence-electron chi connectivity index (χ1n) is 8.77. The lowest BCUT2D eigenvalue weighted by atomic mass is 9.75. The number of hydrogen-bond acceptors (Lipinski definition) is 2. The average Bonchev–Trinajstić information content (AvgIpc) is 2.90.